The summed E-state index contributed by atoms with van der Waals surface area (Å²) in [5, 5.41) is 0.995. The van der Waals surface area contributed by atoms with Gasteiger partial charge in [0.05, 0.1) is 31.2 Å². The number of thioether (sulfide) groups is 1. The van der Waals surface area contributed by atoms with Crippen LogP contribution in [-0.4, -0.2) is 23.5 Å². The number of para-hydroxylation sites is 1. The first-order chi connectivity index (χ1) is 16.5. The predicted molar refractivity (Wildman–Crippen MR) is 132 cm³/mol. The van der Waals surface area contributed by atoms with Crippen molar-refractivity contribution in [3.8, 4) is 11.5 Å². The maximum atomic E-state index is 14.8. The molecular formula is C25H20BrFN2O4S. The Morgan fingerprint density at radius 1 is 1.18 bits per heavy atom. The lowest BCUT2D eigenvalue weighted by Crippen LogP contribution is -2.24. The lowest BCUT2D eigenvalue weighted by molar-refractivity contribution is -0.0166. The van der Waals surface area contributed by atoms with E-state index in [0.717, 1.165) is 10.0 Å². The fourth-order valence-electron chi connectivity index (χ4n) is 3.82. The lowest BCUT2D eigenvalue weighted by atomic mass is 10.1. The second-order valence-electron chi connectivity index (χ2n) is 7.71. The zero-order chi connectivity index (χ0) is 23.7. The highest BCUT2D eigenvalue weighted by molar-refractivity contribution is 9.10. The molecule has 1 aromatic heterocycles. The summed E-state index contributed by atoms with van der Waals surface area (Å²) >= 11 is 4.74. The number of hydrogen-bond acceptors (Lipinski definition) is 6. The molecule has 0 saturated carbocycles. The molecule has 174 valence electrons. The molecule has 0 fully saturated rings. The Morgan fingerprint density at radius 2 is 2.03 bits per heavy atom. The molecule has 34 heavy (non-hydrogen) atoms. The molecule has 3 aromatic carbocycles. The van der Waals surface area contributed by atoms with Crippen LogP contribution in [0.2, 0.25) is 0 Å². The number of aromatic nitrogens is 2. The minimum Gasteiger partial charge on any atom is -0.496 e. The monoisotopic (exact) mass is 542 g/mol. The Morgan fingerprint density at radius 3 is 2.88 bits per heavy atom. The SMILES string of the molecule is COc1ccccc1Cn1c(SCc2cc3c(cc2F)COCO3)nc2ccc(Br)cc2c1=O. The molecule has 0 atom stereocenters. The van der Waals surface area contributed by atoms with Crippen LogP contribution < -0.4 is 15.0 Å². The maximum Gasteiger partial charge on any atom is 0.262 e. The van der Waals surface area contributed by atoms with Crippen LogP contribution in [0.4, 0.5) is 4.39 Å². The molecule has 0 unspecified atom stereocenters. The number of methoxy groups -OCH3 is 1. The van der Waals surface area contributed by atoms with Gasteiger partial charge in [0.25, 0.3) is 5.56 Å². The van der Waals surface area contributed by atoms with E-state index in [1.54, 1.807) is 29.9 Å². The summed E-state index contributed by atoms with van der Waals surface area (Å²) < 4.78 is 33.4. The zero-order valence-corrected chi connectivity index (χ0v) is 20.6. The van der Waals surface area contributed by atoms with Gasteiger partial charge in [0.1, 0.15) is 17.3 Å². The van der Waals surface area contributed by atoms with Crippen molar-refractivity contribution in [1.29, 1.82) is 0 Å². The third-order valence-corrected chi connectivity index (χ3v) is 7.06. The summed E-state index contributed by atoms with van der Waals surface area (Å²) in [5.41, 5.74) is 2.41. The standard InChI is InChI=1S/C25H20BrFN2O4S/c1-31-22-5-3-2-4-15(22)11-29-24(30)19-10-18(26)6-7-21(19)28-25(29)34-13-17-9-23-16(8-20(17)27)12-32-14-33-23/h2-10H,11-14H2,1H3. The van der Waals surface area contributed by atoms with Crippen molar-refractivity contribution >= 4 is 38.6 Å². The number of fused-ring (bicyclic) bond motifs is 2. The van der Waals surface area contributed by atoms with Crippen LogP contribution in [0.15, 0.2) is 69.0 Å². The fraction of sp³-hybridized carbons (Fsp3) is 0.200. The summed E-state index contributed by atoms with van der Waals surface area (Å²) in [6.07, 6.45) is 0. The van der Waals surface area contributed by atoms with E-state index in [9.17, 15) is 9.18 Å². The van der Waals surface area contributed by atoms with Gasteiger partial charge in [0.15, 0.2) is 11.9 Å². The summed E-state index contributed by atoms with van der Waals surface area (Å²) in [4.78, 5) is 18.3. The smallest absolute Gasteiger partial charge is 0.262 e. The zero-order valence-electron chi connectivity index (χ0n) is 18.2. The van der Waals surface area contributed by atoms with E-state index in [1.165, 1.54) is 17.8 Å². The molecule has 0 spiro atoms. The molecule has 4 aromatic rings. The first-order valence-corrected chi connectivity index (χ1v) is 12.3. The van der Waals surface area contributed by atoms with Gasteiger partial charge < -0.3 is 14.2 Å². The van der Waals surface area contributed by atoms with Gasteiger partial charge in [-0.25, -0.2) is 9.37 Å². The van der Waals surface area contributed by atoms with E-state index in [4.69, 9.17) is 19.2 Å². The van der Waals surface area contributed by atoms with Crippen LogP contribution >= 0.6 is 27.7 Å². The molecule has 0 radical (unpaired) electrons. The Bertz CT molecular complexity index is 1440. The Kier molecular flexibility index (Phi) is 6.58. The second kappa shape index (κ2) is 9.77. The molecule has 1 aliphatic heterocycles. The first kappa shape index (κ1) is 22.9. The first-order valence-electron chi connectivity index (χ1n) is 10.5. The molecule has 0 N–H and O–H groups in total. The average Bonchev–Trinajstić information content (AvgIpc) is 2.85. The van der Waals surface area contributed by atoms with Crippen molar-refractivity contribution in [2.75, 3.05) is 13.9 Å². The minimum atomic E-state index is -0.344. The molecule has 0 amide bonds. The second-order valence-corrected chi connectivity index (χ2v) is 9.57. The summed E-state index contributed by atoms with van der Waals surface area (Å²) in [6, 6.07) is 16.1. The molecule has 1 aliphatic rings. The fourth-order valence-corrected chi connectivity index (χ4v) is 5.15. The molecule has 6 nitrogen and oxygen atoms in total. The van der Waals surface area contributed by atoms with Crippen LogP contribution in [-0.2, 0) is 23.6 Å². The Labute approximate surface area is 207 Å². The van der Waals surface area contributed by atoms with Gasteiger partial charge >= 0.3 is 0 Å². The van der Waals surface area contributed by atoms with Crippen molar-refractivity contribution in [1.82, 2.24) is 9.55 Å². The van der Waals surface area contributed by atoms with E-state index in [2.05, 4.69) is 15.9 Å². The number of benzene rings is 3. The van der Waals surface area contributed by atoms with Gasteiger partial charge in [-0.05, 0) is 36.4 Å². The number of rotatable bonds is 6. The van der Waals surface area contributed by atoms with Crippen molar-refractivity contribution in [3.63, 3.8) is 0 Å². The molecule has 0 aliphatic carbocycles. The summed E-state index contributed by atoms with van der Waals surface area (Å²) in [6.45, 7) is 0.735. The van der Waals surface area contributed by atoms with E-state index in [1.807, 2.05) is 30.3 Å². The highest BCUT2D eigenvalue weighted by Gasteiger charge is 2.18. The third-order valence-electron chi connectivity index (χ3n) is 5.54. The summed E-state index contributed by atoms with van der Waals surface area (Å²) in [5.74, 6) is 1.23. The topological polar surface area (TPSA) is 62.6 Å². The van der Waals surface area contributed by atoms with Crippen LogP contribution in [0.3, 0.4) is 0 Å². The number of nitrogens with zero attached hydrogens (tertiary/aromatic N) is 2. The van der Waals surface area contributed by atoms with Crippen molar-refractivity contribution in [3.05, 3.63) is 91.9 Å². The van der Waals surface area contributed by atoms with Crippen LogP contribution in [0.25, 0.3) is 10.9 Å². The van der Waals surface area contributed by atoms with Crippen molar-refractivity contribution in [2.24, 2.45) is 0 Å². The number of ether oxygens (including phenoxy) is 3. The van der Waals surface area contributed by atoms with Crippen LogP contribution in [0.1, 0.15) is 16.7 Å². The van der Waals surface area contributed by atoms with Gasteiger partial charge in [-0.1, -0.05) is 45.9 Å². The quantitative estimate of drug-likeness (QED) is 0.236. The van der Waals surface area contributed by atoms with E-state index in [-0.39, 0.29) is 30.5 Å². The molecule has 9 heteroatoms. The third kappa shape index (κ3) is 4.55. The largest absolute Gasteiger partial charge is 0.496 e. The van der Waals surface area contributed by atoms with E-state index < -0.39 is 0 Å². The molecule has 0 saturated heterocycles. The highest BCUT2D eigenvalue weighted by atomic mass is 79.9. The number of halogens is 2. The molecule has 5 rings (SSSR count). The highest BCUT2D eigenvalue weighted by Crippen LogP contribution is 2.31. The minimum absolute atomic E-state index is 0.144. The Balaban J connectivity index is 1.55. The van der Waals surface area contributed by atoms with Crippen molar-refractivity contribution < 1.29 is 18.6 Å². The van der Waals surface area contributed by atoms with E-state index >= 15 is 0 Å². The lowest BCUT2D eigenvalue weighted by Gasteiger charge is -2.19. The predicted octanol–water partition coefficient (Wildman–Crippen LogP) is 5.51. The van der Waals surface area contributed by atoms with E-state index in [0.29, 0.717) is 45.3 Å². The van der Waals surface area contributed by atoms with Gasteiger partial charge in [-0.3, -0.25) is 9.36 Å². The van der Waals surface area contributed by atoms with Gasteiger partial charge in [0, 0.05) is 26.9 Å². The average molecular weight is 543 g/mol. The van der Waals surface area contributed by atoms with Crippen LogP contribution in [0.5, 0.6) is 11.5 Å². The maximum absolute atomic E-state index is 14.8. The molecular weight excluding hydrogens is 523 g/mol. The van der Waals surface area contributed by atoms with Crippen LogP contribution in [0, 0.1) is 5.82 Å². The van der Waals surface area contributed by atoms with Gasteiger partial charge in [-0.2, -0.15) is 0 Å². The normalized spacial score (nSPS) is 12.9. The van der Waals surface area contributed by atoms with Gasteiger partial charge in [-0.15, -0.1) is 0 Å². The molecule has 2 heterocycles. The number of hydrogen-bond donors (Lipinski definition) is 0. The Hall–Kier alpha value is -2.88. The summed E-state index contributed by atoms with van der Waals surface area (Å²) in [7, 11) is 1.60. The van der Waals surface area contributed by atoms with Gasteiger partial charge in [0.2, 0.25) is 0 Å². The van der Waals surface area contributed by atoms with Crippen molar-refractivity contribution in [2.45, 2.75) is 24.1 Å². The molecule has 0 bridgehead atoms.